The molecule has 1 heterocycles. The van der Waals surface area contributed by atoms with Crippen molar-refractivity contribution >= 4 is 17.3 Å². The predicted octanol–water partition coefficient (Wildman–Crippen LogP) is 2.30. The van der Waals surface area contributed by atoms with Gasteiger partial charge in [-0.05, 0) is 31.2 Å². The molecule has 94 valence electrons. The fourth-order valence-electron chi connectivity index (χ4n) is 1.56. The molecule has 0 aliphatic carbocycles. The van der Waals surface area contributed by atoms with Crippen LogP contribution in [0.5, 0.6) is 0 Å². The number of aryl methyl sites for hydroxylation is 1. The van der Waals surface area contributed by atoms with Crippen LogP contribution < -0.4 is 10.2 Å². The zero-order valence-electron chi connectivity index (χ0n) is 10.6. The number of carbonyl (C=O) groups excluding carboxylic acids is 1. The molecule has 0 aliphatic rings. The van der Waals surface area contributed by atoms with Crippen LogP contribution in [0.4, 0.5) is 11.4 Å². The molecule has 0 saturated carbocycles. The lowest BCUT2D eigenvalue weighted by Crippen LogP contribution is -2.12. The minimum absolute atomic E-state index is 0.216. The number of amides is 1. The van der Waals surface area contributed by atoms with Crippen LogP contribution in [0.3, 0.4) is 0 Å². The highest BCUT2D eigenvalue weighted by atomic mass is 16.5. The van der Waals surface area contributed by atoms with E-state index in [2.05, 4.69) is 10.5 Å². The Morgan fingerprint density at radius 3 is 2.44 bits per heavy atom. The highest BCUT2D eigenvalue weighted by Crippen LogP contribution is 2.17. The van der Waals surface area contributed by atoms with Crippen molar-refractivity contribution in [3.05, 3.63) is 41.8 Å². The maximum Gasteiger partial charge on any atom is 0.260 e. The first-order valence-corrected chi connectivity index (χ1v) is 5.58. The fourth-order valence-corrected chi connectivity index (χ4v) is 1.56. The molecule has 1 amide bonds. The van der Waals surface area contributed by atoms with Gasteiger partial charge in [-0.2, -0.15) is 0 Å². The predicted molar refractivity (Wildman–Crippen MR) is 70.0 cm³/mol. The largest absolute Gasteiger partial charge is 0.378 e. The van der Waals surface area contributed by atoms with Crippen LogP contribution >= 0.6 is 0 Å². The molecular weight excluding hydrogens is 230 g/mol. The molecule has 0 saturated heterocycles. The summed E-state index contributed by atoms with van der Waals surface area (Å²) in [4.78, 5) is 13.9. The molecule has 1 aromatic heterocycles. The normalized spacial score (nSPS) is 10.2. The standard InChI is InChI=1S/C13H15N3O2/c1-9-12(8-14-18-9)13(17)15-10-4-6-11(7-5-10)16(2)3/h4-8H,1-3H3,(H,15,17). The van der Waals surface area contributed by atoms with E-state index in [1.165, 1.54) is 6.20 Å². The number of rotatable bonds is 3. The van der Waals surface area contributed by atoms with Crippen LogP contribution in [-0.2, 0) is 0 Å². The minimum atomic E-state index is -0.216. The molecule has 0 fully saturated rings. The lowest BCUT2D eigenvalue weighted by Gasteiger charge is -2.12. The van der Waals surface area contributed by atoms with Crippen molar-refractivity contribution in [2.24, 2.45) is 0 Å². The van der Waals surface area contributed by atoms with Gasteiger partial charge < -0.3 is 14.7 Å². The van der Waals surface area contributed by atoms with Crippen molar-refractivity contribution in [1.82, 2.24) is 5.16 Å². The Balaban J connectivity index is 2.10. The van der Waals surface area contributed by atoms with Gasteiger partial charge in [0.15, 0.2) is 0 Å². The molecule has 18 heavy (non-hydrogen) atoms. The zero-order chi connectivity index (χ0) is 13.1. The second-order valence-electron chi connectivity index (χ2n) is 4.19. The average Bonchev–Trinajstić information content (AvgIpc) is 2.76. The number of carbonyl (C=O) groups is 1. The summed E-state index contributed by atoms with van der Waals surface area (Å²) >= 11 is 0. The molecule has 0 atom stereocenters. The van der Waals surface area contributed by atoms with E-state index in [1.54, 1.807) is 6.92 Å². The van der Waals surface area contributed by atoms with Gasteiger partial charge in [0, 0.05) is 25.5 Å². The van der Waals surface area contributed by atoms with Crippen molar-refractivity contribution in [2.45, 2.75) is 6.92 Å². The van der Waals surface area contributed by atoms with Crippen molar-refractivity contribution in [1.29, 1.82) is 0 Å². The highest BCUT2D eigenvalue weighted by molar-refractivity contribution is 6.04. The number of anilines is 2. The van der Waals surface area contributed by atoms with Gasteiger partial charge in [-0.25, -0.2) is 0 Å². The summed E-state index contributed by atoms with van der Waals surface area (Å²) in [5, 5.41) is 6.37. The van der Waals surface area contributed by atoms with Gasteiger partial charge in [0.05, 0.1) is 6.20 Å². The first kappa shape index (κ1) is 12.2. The first-order chi connectivity index (χ1) is 8.58. The molecule has 5 heteroatoms. The van der Waals surface area contributed by atoms with Crippen molar-refractivity contribution < 1.29 is 9.32 Å². The van der Waals surface area contributed by atoms with E-state index in [-0.39, 0.29) is 5.91 Å². The number of hydrogen-bond acceptors (Lipinski definition) is 4. The lowest BCUT2D eigenvalue weighted by molar-refractivity contribution is 0.102. The van der Waals surface area contributed by atoms with Gasteiger partial charge in [-0.15, -0.1) is 0 Å². The zero-order valence-corrected chi connectivity index (χ0v) is 10.6. The topological polar surface area (TPSA) is 58.4 Å². The molecule has 0 radical (unpaired) electrons. The number of nitrogens with one attached hydrogen (secondary N) is 1. The lowest BCUT2D eigenvalue weighted by atomic mass is 10.2. The summed E-state index contributed by atoms with van der Waals surface area (Å²) in [7, 11) is 3.93. The van der Waals surface area contributed by atoms with Crippen LogP contribution in [0, 0.1) is 6.92 Å². The van der Waals surface area contributed by atoms with E-state index < -0.39 is 0 Å². The molecule has 5 nitrogen and oxygen atoms in total. The molecule has 1 aromatic carbocycles. The van der Waals surface area contributed by atoms with Crippen molar-refractivity contribution in [3.8, 4) is 0 Å². The van der Waals surface area contributed by atoms with Crippen molar-refractivity contribution in [3.63, 3.8) is 0 Å². The monoisotopic (exact) mass is 245 g/mol. The maximum atomic E-state index is 11.9. The van der Waals surface area contributed by atoms with E-state index in [9.17, 15) is 4.79 Å². The molecule has 0 unspecified atom stereocenters. The summed E-state index contributed by atoms with van der Waals surface area (Å²) in [5.41, 5.74) is 2.27. The summed E-state index contributed by atoms with van der Waals surface area (Å²) in [6.45, 7) is 1.71. The molecule has 2 rings (SSSR count). The Morgan fingerprint density at radius 1 is 1.28 bits per heavy atom. The summed E-state index contributed by atoms with van der Waals surface area (Å²) < 4.78 is 4.86. The van der Waals surface area contributed by atoms with E-state index in [1.807, 2.05) is 43.3 Å². The molecule has 2 aromatic rings. The van der Waals surface area contributed by atoms with Gasteiger partial charge in [-0.3, -0.25) is 4.79 Å². The number of nitrogens with zero attached hydrogens (tertiary/aromatic N) is 2. The maximum absolute atomic E-state index is 11.9. The summed E-state index contributed by atoms with van der Waals surface area (Å²) in [5.74, 6) is 0.295. The number of hydrogen-bond donors (Lipinski definition) is 1. The Labute approximate surface area is 105 Å². The summed E-state index contributed by atoms with van der Waals surface area (Å²) in [6.07, 6.45) is 1.42. The van der Waals surface area contributed by atoms with Gasteiger partial charge in [0.25, 0.3) is 5.91 Å². The molecule has 0 aliphatic heterocycles. The van der Waals surface area contributed by atoms with Gasteiger partial charge >= 0.3 is 0 Å². The average molecular weight is 245 g/mol. The van der Waals surface area contributed by atoms with Crippen LogP contribution in [-0.4, -0.2) is 25.2 Å². The summed E-state index contributed by atoms with van der Waals surface area (Å²) in [6, 6.07) is 7.60. The molecular formula is C13H15N3O2. The van der Waals surface area contributed by atoms with E-state index in [0.717, 1.165) is 11.4 Å². The smallest absolute Gasteiger partial charge is 0.260 e. The molecule has 1 N–H and O–H groups in total. The van der Waals surface area contributed by atoms with Crippen LogP contribution in [0.25, 0.3) is 0 Å². The third-order valence-corrected chi connectivity index (χ3v) is 2.64. The fraction of sp³-hybridized carbons (Fsp3) is 0.231. The Hall–Kier alpha value is -2.30. The van der Waals surface area contributed by atoms with Crippen LogP contribution in [0.15, 0.2) is 35.0 Å². The second-order valence-corrected chi connectivity index (χ2v) is 4.19. The van der Waals surface area contributed by atoms with Crippen LogP contribution in [0.2, 0.25) is 0 Å². The minimum Gasteiger partial charge on any atom is -0.378 e. The van der Waals surface area contributed by atoms with Gasteiger partial charge in [-0.1, -0.05) is 5.16 Å². The second kappa shape index (κ2) is 4.91. The van der Waals surface area contributed by atoms with E-state index >= 15 is 0 Å². The molecule has 0 spiro atoms. The molecule has 0 bridgehead atoms. The van der Waals surface area contributed by atoms with Gasteiger partial charge in [0.2, 0.25) is 0 Å². The number of aromatic nitrogens is 1. The Kier molecular flexibility index (Phi) is 3.32. The van der Waals surface area contributed by atoms with Crippen LogP contribution in [0.1, 0.15) is 16.1 Å². The third kappa shape index (κ3) is 2.51. The third-order valence-electron chi connectivity index (χ3n) is 2.64. The van der Waals surface area contributed by atoms with E-state index in [0.29, 0.717) is 11.3 Å². The number of benzene rings is 1. The SMILES string of the molecule is Cc1oncc1C(=O)Nc1ccc(N(C)C)cc1. The van der Waals surface area contributed by atoms with Crippen molar-refractivity contribution in [2.75, 3.05) is 24.3 Å². The van der Waals surface area contributed by atoms with E-state index in [4.69, 9.17) is 4.52 Å². The Bertz CT molecular complexity index is 544. The highest BCUT2D eigenvalue weighted by Gasteiger charge is 2.12. The first-order valence-electron chi connectivity index (χ1n) is 5.58. The van der Waals surface area contributed by atoms with Gasteiger partial charge in [0.1, 0.15) is 11.3 Å². The Morgan fingerprint density at radius 2 is 1.94 bits per heavy atom. The quantitative estimate of drug-likeness (QED) is 0.901.